The Morgan fingerprint density at radius 3 is 2.83 bits per heavy atom. The van der Waals surface area contributed by atoms with Crippen molar-refractivity contribution in [3.63, 3.8) is 0 Å². The lowest BCUT2D eigenvalue weighted by Gasteiger charge is -2.28. The average molecular weight is 331 g/mol. The first-order valence-electron chi connectivity index (χ1n) is 8.48. The predicted octanol–water partition coefficient (Wildman–Crippen LogP) is 3.57. The van der Waals surface area contributed by atoms with E-state index in [9.17, 15) is 4.79 Å². The normalized spacial score (nSPS) is 17.5. The van der Waals surface area contributed by atoms with Crippen LogP contribution in [0, 0.1) is 0 Å². The Labute approximate surface area is 141 Å². The number of nitrogens with one attached hydrogen (secondary N) is 1. The fraction of sp³-hybridized carbons (Fsp3) is 0.556. The number of amides is 1. The number of likely N-dealkylation sites (N-methyl/N-ethyl adjacent to an activating group) is 1. The molecule has 2 aromatic rings. The summed E-state index contributed by atoms with van der Waals surface area (Å²) >= 11 is 1.71. The van der Waals surface area contributed by atoms with Crippen molar-refractivity contribution in [2.45, 2.75) is 57.7 Å². The second kappa shape index (κ2) is 7.41. The van der Waals surface area contributed by atoms with Gasteiger partial charge in [-0.2, -0.15) is 0 Å². The van der Waals surface area contributed by atoms with Crippen LogP contribution in [0.4, 0.5) is 0 Å². The zero-order chi connectivity index (χ0) is 16.2. The molecule has 0 bridgehead atoms. The van der Waals surface area contributed by atoms with E-state index in [0.29, 0.717) is 12.6 Å². The van der Waals surface area contributed by atoms with Crippen LogP contribution in [0.15, 0.2) is 24.3 Å². The van der Waals surface area contributed by atoms with Crippen molar-refractivity contribution >= 4 is 27.5 Å². The summed E-state index contributed by atoms with van der Waals surface area (Å²) in [4.78, 5) is 19.2. The van der Waals surface area contributed by atoms with Crippen LogP contribution in [0.5, 0.6) is 0 Å². The predicted molar refractivity (Wildman–Crippen MR) is 95.6 cm³/mol. The number of thiazole rings is 1. The van der Waals surface area contributed by atoms with Crippen LogP contribution >= 0.6 is 11.3 Å². The minimum absolute atomic E-state index is 0.135. The molecule has 0 aliphatic heterocycles. The minimum Gasteiger partial charge on any atom is -0.352 e. The van der Waals surface area contributed by atoms with Crippen LogP contribution < -0.4 is 5.32 Å². The van der Waals surface area contributed by atoms with Gasteiger partial charge in [0.2, 0.25) is 5.91 Å². The average Bonchev–Trinajstić information content (AvgIpc) is 2.97. The van der Waals surface area contributed by atoms with Crippen LogP contribution in [0.1, 0.15) is 44.0 Å². The molecule has 0 spiro atoms. The Bertz CT molecular complexity index is 630. The third-order valence-corrected chi connectivity index (χ3v) is 5.74. The lowest BCUT2D eigenvalue weighted by atomic mass is 9.95. The van der Waals surface area contributed by atoms with E-state index >= 15 is 0 Å². The summed E-state index contributed by atoms with van der Waals surface area (Å²) in [7, 11) is 2.00. The first-order valence-corrected chi connectivity index (χ1v) is 9.30. The molecular formula is C18H25N3OS. The molecule has 1 aromatic heterocycles. The second-order valence-corrected chi connectivity index (χ2v) is 7.63. The summed E-state index contributed by atoms with van der Waals surface area (Å²) in [5, 5.41) is 4.28. The molecular weight excluding hydrogens is 306 g/mol. The molecule has 1 heterocycles. The fourth-order valence-corrected chi connectivity index (χ4v) is 4.14. The topological polar surface area (TPSA) is 45.2 Å². The molecule has 3 rings (SSSR count). The summed E-state index contributed by atoms with van der Waals surface area (Å²) < 4.78 is 1.20. The lowest BCUT2D eigenvalue weighted by molar-refractivity contribution is -0.126. The maximum Gasteiger partial charge on any atom is 0.237 e. The summed E-state index contributed by atoms with van der Waals surface area (Å²) in [5.41, 5.74) is 1.04. The molecule has 4 nitrogen and oxygen atoms in total. The van der Waals surface area contributed by atoms with Gasteiger partial charge in [-0.15, -0.1) is 11.3 Å². The van der Waals surface area contributed by atoms with Crippen molar-refractivity contribution in [2.24, 2.45) is 0 Å². The number of para-hydroxylation sites is 1. The van der Waals surface area contributed by atoms with Gasteiger partial charge in [0.05, 0.1) is 22.8 Å². The third-order valence-electron chi connectivity index (χ3n) is 4.71. The Morgan fingerprint density at radius 2 is 2.09 bits per heavy atom. The number of carbonyl (C=O) groups is 1. The highest BCUT2D eigenvalue weighted by Gasteiger charge is 2.23. The molecule has 1 aromatic carbocycles. The van der Waals surface area contributed by atoms with Gasteiger partial charge in [-0.25, -0.2) is 4.98 Å². The molecule has 1 aliphatic rings. The molecule has 1 aliphatic carbocycles. The number of benzene rings is 1. The van der Waals surface area contributed by atoms with E-state index in [2.05, 4.69) is 21.3 Å². The van der Waals surface area contributed by atoms with Gasteiger partial charge in [-0.3, -0.25) is 9.69 Å². The molecule has 5 heteroatoms. The minimum atomic E-state index is -0.135. The van der Waals surface area contributed by atoms with Gasteiger partial charge >= 0.3 is 0 Å². The second-order valence-electron chi connectivity index (χ2n) is 6.51. The maximum atomic E-state index is 12.4. The monoisotopic (exact) mass is 331 g/mol. The number of nitrogens with zero attached hydrogens (tertiary/aromatic N) is 2. The first kappa shape index (κ1) is 16.4. The van der Waals surface area contributed by atoms with E-state index in [-0.39, 0.29) is 11.9 Å². The Hall–Kier alpha value is -1.46. The highest BCUT2D eigenvalue weighted by Crippen LogP contribution is 2.23. The van der Waals surface area contributed by atoms with Crippen molar-refractivity contribution in [3.05, 3.63) is 29.3 Å². The summed E-state index contributed by atoms with van der Waals surface area (Å²) in [6.07, 6.45) is 6.03. The van der Waals surface area contributed by atoms with Gasteiger partial charge < -0.3 is 5.32 Å². The molecule has 23 heavy (non-hydrogen) atoms. The maximum absolute atomic E-state index is 12.4. The highest BCUT2D eigenvalue weighted by molar-refractivity contribution is 7.18. The quantitative estimate of drug-likeness (QED) is 0.911. The number of fused-ring (bicyclic) bond motifs is 1. The van der Waals surface area contributed by atoms with Gasteiger partial charge in [0.25, 0.3) is 0 Å². The van der Waals surface area contributed by atoms with E-state index in [1.807, 2.05) is 32.2 Å². The van der Waals surface area contributed by atoms with Crippen LogP contribution in [0.25, 0.3) is 10.2 Å². The summed E-state index contributed by atoms with van der Waals surface area (Å²) in [6, 6.07) is 8.41. The van der Waals surface area contributed by atoms with Crippen LogP contribution in [-0.2, 0) is 11.3 Å². The lowest BCUT2D eigenvalue weighted by Crippen LogP contribution is -2.47. The van der Waals surface area contributed by atoms with Crippen LogP contribution in [0.3, 0.4) is 0 Å². The number of carbonyl (C=O) groups excluding carboxylic acids is 1. The molecule has 1 N–H and O–H groups in total. The summed E-state index contributed by atoms with van der Waals surface area (Å²) in [5.74, 6) is 0.139. The zero-order valence-electron chi connectivity index (χ0n) is 13.9. The number of rotatable bonds is 5. The molecule has 0 unspecified atom stereocenters. The van der Waals surface area contributed by atoms with Crippen molar-refractivity contribution < 1.29 is 4.79 Å². The SMILES string of the molecule is C[C@H](C(=O)NC1CCCCC1)N(C)Cc1nc2ccccc2s1. The molecule has 124 valence electrons. The highest BCUT2D eigenvalue weighted by atomic mass is 32.1. The molecule has 1 atom stereocenters. The van der Waals surface area contributed by atoms with Gasteiger partial charge in [-0.1, -0.05) is 31.4 Å². The molecule has 1 saturated carbocycles. The Morgan fingerprint density at radius 1 is 1.35 bits per heavy atom. The van der Waals surface area contributed by atoms with Crippen molar-refractivity contribution in [3.8, 4) is 0 Å². The molecule has 1 amide bonds. The van der Waals surface area contributed by atoms with E-state index in [4.69, 9.17) is 0 Å². The number of hydrogen-bond donors (Lipinski definition) is 1. The zero-order valence-corrected chi connectivity index (χ0v) is 14.7. The van der Waals surface area contributed by atoms with Crippen molar-refractivity contribution in [2.75, 3.05) is 7.05 Å². The van der Waals surface area contributed by atoms with E-state index < -0.39 is 0 Å². The van der Waals surface area contributed by atoms with Gasteiger partial charge in [0.15, 0.2) is 0 Å². The van der Waals surface area contributed by atoms with Gasteiger partial charge in [0.1, 0.15) is 5.01 Å². The molecule has 0 radical (unpaired) electrons. The van der Waals surface area contributed by atoms with Crippen LogP contribution in [0.2, 0.25) is 0 Å². The fourth-order valence-electron chi connectivity index (χ4n) is 3.11. The largest absolute Gasteiger partial charge is 0.352 e. The van der Waals surface area contributed by atoms with Gasteiger partial charge in [0, 0.05) is 6.04 Å². The van der Waals surface area contributed by atoms with E-state index in [1.54, 1.807) is 11.3 Å². The third kappa shape index (κ3) is 4.09. The van der Waals surface area contributed by atoms with Gasteiger partial charge in [-0.05, 0) is 38.9 Å². The molecule has 1 fully saturated rings. The Balaban J connectivity index is 1.57. The Kier molecular flexibility index (Phi) is 5.28. The van der Waals surface area contributed by atoms with Crippen LogP contribution in [-0.4, -0.2) is 34.9 Å². The van der Waals surface area contributed by atoms with E-state index in [1.165, 1.54) is 24.0 Å². The number of aromatic nitrogens is 1. The van der Waals surface area contributed by atoms with Crippen molar-refractivity contribution in [1.29, 1.82) is 0 Å². The van der Waals surface area contributed by atoms with Crippen molar-refractivity contribution in [1.82, 2.24) is 15.2 Å². The summed E-state index contributed by atoms with van der Waals surface area (Å²) in [6.45, 7) is 2.68. The first-order chi connectivity index (χ1) is 11.1. The van der Waals surface area contributed by atoms with E-state index in [0.717, 1.165) is 23.4 Å². The number of hydrogen-bond acceptors (Lipinski definition) is 4. The molecule has 0 saturated heterocycles. The standard InChI is InChI=1S/C18H25N3OS/c1-13(18(22)19-14-8-4-3-5-9-14)21(2)12-17-20-15-10-6-7-11-16(15)23-17/h6-7,10-11,13-14H,3-5,8-9,12H2,1-2H3,(H,19,22)/t13-/m1/s1. The smallest absolute Gasteiger partial charge is 0.237 e.